The van der Waals surface area contributed by atoms with E-state index >= 15 is 0 Å². The molecule has 0 radical (unpaired) electrons. The van der Waals surface area contributed by atoms with Crippen molar-refractivity contribution in [2.45, 2.75) is 32.8 Å². The monoisotopic (exact) mass is 195 g/mol. The van der Waals surface area contributed by atoms with E-state index in [1.54, 1.807) is 20.2 Å². The standard InChI is InChI=1S/C11H17NO2/c1-8-6-10(5-4-9(2)13)7-12-11(8)14-3/h6-7,9,13H,4-5H2,1-3H3/t9-/m0/s1. The number of hydrogen-bond acceptors (Lipinski definition) is 3. The Balaban J connectivity index is 2.66. The van der Waals surface area contributed by atoms with E-state index in [0.717, 1.165) is 24.0 Å². The molecule has 0 saturated carbocycles. The van der Waals surface area contributed by atoms with Crippen LogP contribution in [0.25, 0.3) is 0 Å². The molecule has 0 saturated heterocycles. The lowest BCUT2D eigenvalue weighted by Crippen LogP contribution is -2.02. The second kappa shape index (κ2) is 4.96. The second-order valence-electron chi connectivity index (χ2n) is 3.56. The predicted octanol–water partition coefficient (Wildman–Crippen LogP) is 1.71. The largest absolute Gasteiger partial charge is 0.481 e. The van der Waals surface area contributed by atoms with Gasteiger partial charge in [-0.2, -0.15) is 0 Å². The maximum absolute atomic E-state index is 9.14. The van der Waals surface area contributed by atoms with Crippen LogP contribution in [0.5, 0.6) is 5.88 Å². The van der Waals surface area contributed by atoms with E-state index in [-0.39, 0.29) is 6.10 Å². The van der Waals surface area contributed by atoms with E-state index in [1.807, 2.05) is 13.0 Å². The van der Waals surface area contributed by atoms with Crippen molar-refractivity contribution in [2.24, 2.45) is 0 Å². The Morgan fingerprint density at radius 1 is 1.57 bits per heavy atom. The van der Waals surface area contributed by atoms with Gasteiger partial charge in [0.05, 0.1) is 13.2 Å². The third-order valence-electron chi connectivity index (χ3n) is 2.13. The molecule has 3 heteroatoms. The Labute approximate surface area is 84.7 Å². The summed E-state index contributed by atoms with van der Waals surface area (Å²) in [5.74, 6) is 0.672. The zero-order valence-corrected chi connectivity index (χ0v) is 8.95. The number of ether oxygens (including phenoxy) is 1. The van der Waals surface area contributed by atoms with Crippen LogP contribution in [0.3, 0.4) is 0 Å². The normalized spacial score (nSPS) is 12.6. The molecule has 14 heavy (non-hydrogen) atoms. The number of nitrogens with zero attached hydrogens (tertiary/aromatic N) is 1. The van der Waals surface area contributed by atoms with Crippen LogP contribution < -0.4 is 4.74 Å². The molecule has 1 N–H and O–H groups in total. The van der Waals surface area contributed by atoms with Gasteiger partial charge in [0.2, 0.25) is 5.88 Å². The highest BCUT2D eigenvalue weighted by Gasteiger charge is 2.02. The van der Waals surface area contributed by atoms with Crippen molar-refractivity contribution in [1.82, 2.24) is 4.98 Å². The molecular formula is C11H17NO2. The van der Waals surface area contributed by atoms with Crippen LogP contribution >= 0.6 is 0 Å². The molecule has 3 nitrogen and oxygen atoms in total. The van der Waals surface area contributed by atoms with Crippen LogP contribution in [-0.2, 0) is 6.42 Å². The molecule has 1 rings (SSSR count). The zero-order chi connectivity index (χ0) is 10.6. The van der Waals surface area contributed by atoms with Crippen LogP contribution in [-0.4, -0.2) is 23.3 Å². The molecule has 0 aliphatic carbocycles. The average Bonchev–Trinajstić information content (AvgIpc) is 2.15. The average molecular weight is 195 g/mol. The fraction of sp³-hybridized carbons (Fsp3) is 0.545. The van der Waals surface area contributed by atoms with E-state index in [1.165, 1.54) is 0 Å². The molecule has 0 amide bonds. The van der Waals surface area contributed by atoms with E-state index in [2.05, 4.69) is 4.98 Å². The number of methoxy groups -OCH3 is 1. The SMILES string of the molecule is COc1ncc(CC[C@H](C)O)cc1C. The Bertz CT molecular complexity index is 297. The smallest absolute Gasteiger partial charge is 0.215 e. The fourth-order valence-corrected chi connectivity index (χ4v) is 1.35. The highest BCUT2D eigenvalue weighted by Crippen LogP contribution is 2.15. The molecule has 0 aromatic carbocycles. The Hall–Kier alpha value is -1.09. The second-order valence-corrected chi connectivity index (χ2v) is 3.56. The van der Waals surface area contributed by atoms with Gasteiger partial charge in [0.15, 0.2) is 0 Å². The van der Waals surface area contributed by atoms with Crippen LogP contribution in [0.1, 0.15) is 24.5 Å². The summed E-state index contributed by atoms with van der Waals surface area (Å²) in [7, 11) is 1.62. The minimum atomic E-state index is -0.252. The highest BCUT2D eigenvalue weighted by atomic mass is 16.5. The van der Waals surface area contributed by atoms with Gasteiger partial charge in [-0.25, -0.2) is 4.98 Å². The lowest BCUT2D eigenvalue weighted by Gasteiger charge is -2.07. The van der Waals surface area contributed by atoms with Gasteiger partial charge >= 0.3 is 0 Å². The summed E-state index contributed by atoms with van der Waals surface area (Å²) in [6.45, 7) is 3.77. The first kappa shape index (κ1) is 11.0. The van der Waals surface area contributed by atoms with Crippen LogP contribution in [0.2, 0.25) is 0 Å². The lowest BCUT2D eigenvalue weighted by atomic mass is 10.1. The summed E-state index contributed by atoms with van der Waals surface area (Å²) in [5.41, 5.74) is 2.18. The van der Waals surface area contributed by atoms with Crippen LogP contribution in [0.15, 0.2) is 12.3 Å². The van der Waals surface area contributed by atoms with Crippen LogP contribution in [0, 0.1) is 6.92 Å². The minimum Gasteiger partial charge on any atom is -0.481 e. The molecule has 0 bridgehead atoms. The molecule has 0 fully saturated rings. The van der Waals surface area contributed by atoms with E-state index < -0.39 is 0 Å². The number of aromatic nitrogens is 1. The van der Waals surface area contributed by atoms with Gasteiger partial charge in [-0.3, -0.25) is 0 Å². The lowest BCUT2D eigenvalue weighted by molar-refractivity contribution is 0.185. The van der Waals surface area contributed by atoms with E-state index in [4.69, 9.17) is 9.84 Å². The highest BCUT2D eigenvalue weighted by molar-refractivity contribution is 5.28. The number of rotatable bonds is 4. The number of aryl methyl sites for hydroxylation is 2. The molecular weight excluding hydrogens is 178 g/mol. The maximum Gasteiger partial charge on any atom is 0.215 e. The van der Waals surface area contributed by atoms with E-state index in [0.29, 0.717) is 5.88 Å². The van der Waals surface area contributed by atoms with Gasteiger partial charge in [-0.15, -0.1) is 0 Å². The van der Waals surface area contributed by atoms with Crippen molar-refractivity contribution in [3.63, 3.8) is 0 Å². The molecule has 1 aromatic rings. The zero-order valence-electron chi connectivity index (χ0n) is 8.95. The summed E-state index contributed by atoms with van der Waals surface area (Å²) in [6.07, 6.45) is 3.18. The van der Waals surface area contributed by atoms with Crippen molar-refractivity contribution in [3.05, 3.63) is 23.4 Å². The third-order valence-corrected chi connectivity index (χ3v) is 2.13. The van der Waals surface area contributed by atoms with Gasteiger partial charge in [-0.05, 0) is 38.3 Å². The molecule has 0 unspecified atom stereocenters. The molecule has 1 aromatic heterocycles. The van der Waals surface area contributed by atoms with Gasteiger partial charge < -0.3 is 9.84 Å². The Morgan fingerprint density at radius 2 is 2.29 bits per heavy atom. The Kier molecular flexibility index (Phi) is 3.89. The van der Waals surface area contributed by atoms with Crippen molar-refractivity contribution >= 4 is 0 Å². The van der Waals surface area contributed by atoms with Crippen LogP contribution in [0.4, 0.5) is 0 Å². The molecule has 1 heterocycles. The number of pyridine rings is 1. The summed E-state index contributed by atoms with van der Waals surface area (Å²) >= 11 is 0. The van der Waals surface area contributed by atoms with Gasteiger partial charge in [0.1, 0.15) is 0 Å². The quantitative estimate of drug-likeness (QED) is 0.795. The first-order valence-corrected chi connectivity index (χ1v) is 4.81. The summed E-state index contributed by atoms with van der Waals surface area (Å²) in [5, 5.41) is 9.14. The summed E-state index contributed by atoms with van der Waals surface area (Å²) in [6, 6.07) is 2.05. The van der Waals surface area contributed by atoms with Gasteiger partial charge in [-0.1, -0.05) is 0 Å². The van der Waals surface area contributed by atoms with Crippen molar-refractivity contribution in [2.75, 3.05) is 7.11 Å². The molecule has 0 aliphatic heterocycles. The number of aliphatic hydroxyl groups is 1. The summed E-state index contributed by atoms with van der Waals surface area (Å²) < 4.78 is 5.07. The van der Waals surface area contributed by atoms with Crippen molar-refractivity contribution < 1.29 is 9.84 Å². The minimum absolute atomic E-state index is 0.252. The topological polar surface area (TPSA) is 42.4 Å². The summed E-state index contributed by atoms with van der Waals surface area (Å²) in [4.78, 5) is 4.17. The predicted molar refractivity (Wildman–Crippen MR) is 55.5 cm³/mol. The molecule has 0 spiro atoms. The molecule has 78 valence electrons. The Morgan fingerprint density at radius 3 is 2.79 bits per heavy atom. The maximum atomic E-state index is 9.14. The van der Waals surface area contributed by atoms with Crippen molar-refractivity contribution in [1.29, 1.82) is 0 Å². The molecule has 1 atom stereocenters. The van der Waals surface area contributed by atoms with E-state index in [9.17, 15) is 0 Å². The van der Waals surface area contributed by atoms with Gasteiger partial charge in [0, 0.05) is 11.8 Å². The third kappa shape index (κ3) is 3.00. The van der Waals surface area contributed by atoms with Gasteiger partial charge in [0.25, 0.3) is 0 Å². The number of aliphatic hydroxyl groups excluding tert-OH is 1. The first-order valence-electron chi connectivity index (χ1n) is 4.81. The van der Waals surface area contributed by atoms with Crippen molar-refractivity contribution in [3.8, 4) is 5.88 Å². The number of hydrogen-bond donors (Lipinski definition) is 1. The molecule has 0 aliphatic rings. The fourth-order valence-electron chi connectivity index (χ4n) is 1.35. The first-order chi connectivity index (χ1) is 6.63.